The van der Waals surface area contributed by atoms with Gasteiger partial charge in [-0.15, -0.1) is 11.6 Å². The smallest absolute Gasteiger partial charge is 0.0351 e. The number of hydrogen-bond donors (Lipinski definition) is 0. The zero-order valence-electron chi connectivity index (χ0n) is 10.8. The first-order chi connectivity index (χ1) is 7.72. The summed E-state index contributed by atoms with van der Waals surface area (Å²) in [6.07, 6.45) is 2.57. The second kappa shape index (κ2) is 8.29. The van der Waals surface area contributed by atoms with E-state index in [9.17, 15) is 0 Å². The summed E-state index contributed by atoms with van der Waals surface area (Å²) < 4.78 is 0. The molecule has 0 aromatic heterocycles. The molecule has 0 aliphatic carbocycles. The van der Waals surface area contributed by atoms with Gasteiger partial charge < -0.3 is 14.7 Å². The van der Waals surface area contributed by atoms with E-state index >= 15 is 0 Å². The molecule has 1 aliphatic heterocycles. The minimum absolute atomic E-state index is 0.765. The van der Waals surface area contributed by atoms with Gasteiger partial charge in [-0.25, -0.2) is 0 Å². The molecular weight excluding hydrogens is 222 g/mol. The van der Waals surface area contributed by atoms with Crippen LogP contribution >= 0.6 is 11.6 Å². The van der Waals surface area contributed by atoms with Gasteiger partial charge in [0, 0.05) is 25.5 Å². The topological polar surface area (TPSA) is 9.72 Å². The summed E-state index contributed by atoms with van der Waals surface area (Å²) in [6.45, 7) is 8.37. The number of alkyl halides is 1. The molecule has 4 heteroatoms. The minimum atomic E-state index is 0.765. The third kappa shape index (κ3) is 6.04. The van der Waals surface area contributed by atoms with Crippen molar-refractivity contribution in [1.82, 2.24) is 14.7 Å². The Morgan fingerprint density at radius 1 is 1.00 bits per heavy atom. The molecule has 0 radical (unpaired) electrons. The van der Waals surface area contributed by atoms with Crippen LogP contribution in [0.25, 0.3) is 0 Å². The number of halogens is 1. The van der Waals surface area contributed by atoms with Crippen molar-refractivity contribution in [2.75, 3.05) is 65.8 Å². The van der Waals surface area contributed by atoms with Crippen molar-refractivity contribution in [3.05, 3.63) is 0 Å². The van der Waals surface area contributed by atoms with Crippen LogP contribution < -0.4 is 0 Å². The van der Waals surface area contributed by atoms with E-state index in [2.05, 4.69) is 28.8 Å². The van der Waals surface area contributed by atoms with E-state index < -0.39 is 0 Å². The normalized spacial score (nSPS) is 20.2. The maximum atomic E-state index is 5.78. The van der Waals surface area contributed by atoms with Crippen LogP contribution in [0.3, 0.4) is 0 Å². The fourth-order valence-corrected chi connectivity index (χ4v) is 2.44. The van der Waals surface area contributed by atoms with Gasteiger partial charge >= 0.3 is 0 Å². The molecule has 0 spiro atoms. The van der Waals surface area contributed by atoms with Crippen molar-refractivity contribution < 1.29 is 0 Å². The summed E-state index contributed by atoms with van der Waals surface area (Å²) in [4.78, 5) is 7.34. The van der Waals surface area contributed by atoms with E-state index in [0.717, 1.165) is 12.4 Å². The van der Waals surface area contributed by atoms with E-state index in [-0.39, 0.29) is 0 Å². The highest BCUT2D eigenvalue weighted by Gasteiger charge is 2.13. The summed E-state index contributed by atoms with van der Waals surface area (Å²) in [6, 6.07) is 0. The Morgan fingerprint density at radius 3 is 2.19 bits per heavy atom. The molecule has 3 nitrogen and oxygen atoms in total. The molecule has 0 aromatic rings. The van der Waals surface area contributed by atoms with Crippen molar-refractivity contribution in [3.8, 4) is 0 Å². The fourth-order valence-electron chi connectivity index (χ4n) is 2.20. The Hall–Kier alpha value is 0.170. The summed E-state index contributed by atoms with van der Waals surface area (Å²) in [5.41, 5.74) is 0. The first-order valence-electron chi connectivity index (χ1n) is 6.38. The Balaban J connectivity index is 2.14. The highest BCUT2D eigenvalue weighted by Crippen LogP contribution is 2.04. The maximum absolute atomic E-state index is 5.78. The van der Waals surface area contributed by atoms with Gasteiger partial charge in [0.2, 0.25) is 0 Å². The van der Waals surface area contributed by atoms with Gasteiger partial charge in [-0.1, -0.05) is 0 Å². The van der Waals surface area contributed by atoms with Crippen LogP contribution in [0.4, 0.5) is 0 Å². The van der Waals surface area contributed by atoms with Crippen molar-refractivity contribution in [2.45, 2.75) is 12.8 Å². The lowest BCUT2D eigenvalue weighted by atomic mass is 10.3. The van der Waals surface area contributed by atoms with Crippen LogP contribution in [0.5, 0.6) is 0 Å². The summed E-state index contributed by atoms with van der Waals surface area (Å²) >= 11 is 5.78. The van der Waals surface area contributed by atoms with Gasteiger partial charge in [0.1, 0.15) is 0 Å². The molecule has 0 atom stereocenters. The standard InChI is InChI=1S/C12H26ClN3/c1-14(2)6-3-7-15-8-4-9-16(10-5-13)12-11-15/h3-12H2,1-2H3. The Morgan fingerprint density at radius 2 is 1.62 bits per heavy atom. The number of rotatable bonds is 6. The van der Waals surface area contributed by atoms with Gasteiger partial charge in [-0.05, 0) is 53.1 Å². The summed E-state index contributed by atoms with van der Waals surface area (Å²) in [7, 11) is 4.29. The highest BCUT2D eigenvalue weighted by atomic mass is 35.5. The molecule has 1 saturated heterocycles. The Labute approximate surface area is 105 Å². The molecule has 1 aliphatic rings. The molecule has 0 unspecified atom stereocenters. The van der Waals surface area contributed by atoms with Crippen LogP contribution in [0.1, 0.15) is 12.8 Å². The number of nitrogens with zero attached hydrogens (tertiary/aromatic N) is 3. The Kier molecular flexibility index (Phi) is 7.37. The van der Waals surface area contributed by atoms with Gasteiger partial charge in [0.05, 0.1) is 0 Å². The first-order valence-corrected chi connectivity index (χ1v) is 6.91. The lowest BCUT2D eigenvalue weighted by molar-refractivity contribution is 0.251. The van der Waals surface area contributed by atoms with Gasteiger partial charge in [0.15, 0.2) is 0 Å². The molecule has 0 bridgehead atoms. The van der Waals surface area contributed by atoms with Crippen molar-refractivity contribution >= 4 is 11.6 Å². The van der Waals surface area contributed by atoms with Crippen LogP contribution in [0.15, 0.2) is 0 Å². The van der Waals surface area contributed by atoms with E-state index in [1.54, 1.807) is 0 Å². The third-order valence-electron chi connectivity index (χ3n) is 3.16. The molecule has 0 aromatic carbocycles. The summed E-state index contributed by atoms with van der Waals surface area (Å²) in [5.74, 6) is 0.765. The molecule has 16 heavy (non-hydrogen) atoms. The van der Waals surface area contributed by atoms with Crippen LogP contribution in [0.2, 0.25) is 0 Å². The van der Waals surface area contributed by atoms with Gasteiger partial charge in [-0.2, -0.15) is 0 Å². The van der Waals surface area contributed by atoms with E-state index in [1.165, 1.54) is 52.1 Å². The van der Waals surface area contributed by atoms with Crippen molar-refractivity contribution in [1.29, 1.82) is 0 Å². The number of hydrogen-bond acceptors (Lipinski definition) is 3. The van der Waals surface area contributed by atoms with Crippen molar-refractivity contribution in [3.63, 3.8) is 0 Å². The molecular formula is C12H26ClN3. The summed E-state index contributed by atoms with van der Waals surface area (Å²) in [5, 5.41) is 0. The zero-order chi connectivity index (χ0) is 11.8. The van der Waals surface area contributed by atoms with E-state index in [0.29, 0.717) is 0 Å². The van der Waals surface area contributed by atoms with Gasteiger partial charge in [0.25, 0.3) is 0 Å². The van der Waals surface area contributed by atoms with Crippen molar-refractivity contribution in [2.24, 2.45) is 0 Å². The molecule has 96 valence electrons. The monoisotopic (exact) mass is 247 g/mol. The lowest BCUT2D eigenvalue weighted by Crippen LogP contribution is -2.33. The van der Waals surface area contributed by atoms with E-state index in [4.69, 9.17) is 11.6 Å². The minimum Gasteiger partial charge on any atom is -0.309 e. The Bertz CT molecular complexity index is 176. The fraction of sp³-hybridized carbons (Fsp3) is 1.00. The molecule has 1 fully saturated rings. The predicted molar refractivity (Wildman–Crippen MR) is 71.4 cm³/mol. The second-order valence-corrected chi connectivity index (χ2v) is 5.26. The second-order valence-electron chi connectivity index (χ2n) is 4.88. The SMILES string of the molecule is CN(C)CCCN1CCCN(CCCl)CC1. The maximum Gasteiger partial charge on any atom is 0.0351 e. The van der Waals surface area contributed by atoms with Gasteiger partial charge in [-0.3, -0.25) is 0 Å². The predicted octanol–water partition coefficient (Wildman–Crippen LogP) is 1.18. The molecule has 0 N–H and O–H groups in total. The molecule has 0 amide bonds. The van der Waals surface area contributed by atoms with Crippen LogP contribution in [-0.2, 0) is 0 Å². The molecule has 0 saturated carbocycles. The van der Waals surface area contributed by atoms with Crippen LogP contribution in [0, 0.1) is 0 Å². The average molecular weight is 248 g/mol. The van der Waals surface area contributed by atoms with Crippen LogP contribution in [-0.4, -0.2) is 80.5 Å². The molecule has 1 heterocycles. The largest absolute Gasteiger partial charge is 0.309 e. The zero-order valence-corrected chi connectivity index (χ0v) is 11.5. The third-order valence-corrected chi connectivity index (χ3v) is 3.33. The highest BCUT2D eigenvalue weighted by molar-refractivity contribution is 6.18. The first kappa shape index (κ1) is 14.2. The average Bonchev–Trinajstić information content (AvgIpc) is 2.44. The lowest BCUT2D eigenvalue weighted by Gasteiger charge is -2.21. The van der Waals surface area contributed by atoms with E-state index in [1.807, 2.05) is 0 Å². The molecule has 1 rings (SSSR count). The quantitative estimate of drug-likeness (QED) is 0.653.